The van der Waals surface area contributed by atoms with E-state index in [1.165, 1.54) is 13.0 Å². The van der Waals surface area contributed by atoms with E-state index in [9.17, 15) is 31.2 Å². The second kappa shape index (κ2) is 8.19. The molecule has 0 radical (unpaired) electrons. The maximum atomic E-state index is 13.8. The number of carbonyl (C=O) groups excluding carboxylic acids is 2. The van der Waals surface area contributed by atoms with E-state index in [2.05, 4.69) is 5.32 Å². The molecule has 4 saturated carbocycles. The molecule has 2 amide bonds. The molecular formula is C24H30F3N3O4S. The van der Waals surface area contributed by atoms with Crippen LogP contribution in [0, 0.1) is 17.3 Å². The van der Waals surface area contributed by atoms with Gasteiger partial charge >= 0.3 is 6.18 Å². The molecule has 7 nitrogen and oxygen atoms in total. The number of hydrogen-bond acceptors (Lipinski definition) is 4. The van der Waals surface area contributed by atoms with Gasteiger partial charge in [0.2, 0.25) is 21.8 Å². The van der Waals surface area contributed by atoms with Gasteiger partial charge in [-0.05, 0) is 68.6 Å². The largest absolute Gasteiger partial charge is 0.416 e. The minimum atomic E-state index is -4.64. The number of halogens is 3. The molecule has 4 atom stereocenters. The van der Waals surface area contributed by atoms with Gasteiger partial charge in [0.1, 0.15) is 0 Å². The van der Waals surface area contributed by atoms with Crippen LogP contribution in [0.2, 0.25) is 0 Å². The fourth-order valence-electron chi connectivity index (χ4n) is 7.48. The third kappa shape index (κ3) is 4.34. The fraction of sp³-hybridized carbons (Fsp3) is 0.667. The number of benzene rings is 1. The first-order valence-corrected chi connectivity index (χ1v) is 13.5. The standard InChI is InChI=1S/C24H30F3N3O4S/c1-16(31)28-23-13-17-9-18(14-23)12-22(11-17,15-23)21(32)29-5-7-30(8-6-29)35(33,34)20-4-2-3-19(10-20)24(25,26)27/h2-4,10,17-18H,5-9,11-15H2,1H3,(H,28,31)/t17-,18+,22?,23?. The van der Waals surface area contributed by atoms with Crippen molar-refractivity contribution in [3.63, 3.8) is 0 Å². The monoisotopic (exact) mass is 513 g/mol. The van der Waals surface area contributed by atoms with Crippen LogP contribution in [0.4, 0.5) is 13.2 Å². The van der Waals surface area contributed by atoms with Crippen molar-refractivity contribution in [1.29, 1.82) is 0 Å². The molecule has 1 heterocycles. The zero-order valence-electron chi connectivity index (χ0n) is 19.6. The normalized spacial score (nSPS) is 33.1. The smallest absolute Gasteiger partial charge is 0.351 e. The predicted octanol–water partition coefficient (Wildman–Crippen LogP) is 3.01. The lowest BCUT2D eigenvalue weighted by Crippen LogP contribution is -2.66. The summed E-state index contributed by atoms with van der Waals surface area (Å²) >= 11 is 0. The van der Waals surface area contributed by atoms with Gasteiger partial charge in [0, 0.05) is 38.6 Å². The number of piperazine rings is 1. The molecule has 4 aliphatic carbocycles. The molecule has 11 heteroatoms. The number of hydrogen-bond donors (Lipinski definition) is 1. The van der Waals surface area contributed by atoms with Gasteiger partial charge < -0.3 is 10.2 Å². The van der Waals surface area contributed by atoms with E-state index in [4.69, 9.17) is 0 Å². The first kappa shape index (κ1) is 24.5. The Morgan fingerprint density at radius 1 is 1.03 bits per heavy atom. The van der Waals surface area contributed by atoms with Gasteiger partial charge in [0.15, 0.2) is 0 Å². The maximum absolute atomic E-state index is 13.8. The van der Waals surface area contributed by atoms with Crippen LogP contribution in [-0.4, -0.2) is 61.2 Å². The highest BCUT2D eigenvalue weighted by molar-refractivity contribution is 7.89. The van der Waals surface area contributed by atoms with Crippen molar-refractivity contribution in [3.8, 4) is 0 Å². The van der Waals surface area contributed by atoms with Crippen LogP contribution in [0.25, 0.3) is 0 Å². The van der Waals surface area contributed by atoms with Gasteiger partial charge in [-0.2, -0.15) is 17.5 Å². The molecule has 0 aromatic heterocycles. The van der Waals surface area contributed by atoms with Gasteiger partial charge in [0.25, 0.3) is 0 Å². The number of carbonyl (C=O) groups is 2. The lowest BCUT2D eigenvalue weighted by molar-refractivity contribution is -0.164. The second-order valence-corrected chi connectivity index (χ2v) is 12.9. The van der Waals surface area contributed by atoms with Crippen LogP contribution in [0.5, 0.6) is 0 Å². The maximum Gasteiger partial charge on any atom is 0.416 e. The zero-order valence-corrected chi connectivity index (χ0v) is 20.4. The molecule has 1 saturated heterocycles. The average Bonchev–Trinajstić information content (AvgIpc) is 2.76. The summed E-state index contributed by atoms with van der Waals surface area (Å²) in [5.74, 6) is 0.740. The molecule has 192 valence electrons. The Bertz CT molecular complexity index is 1130. The van der Waals surface area contributed by atoms with Gasteiger partial charge in [-0.1, -0.05) is 6.07 Å². The Labute approximate surface area is 203 Å². The lowest BCUT2D eigenvalue weighted by Gasteiger charge is -2.62. The summed E-state index contributed by atoms with van der Waals surface area (Å²) < 4.78 is 66.4. The Morgan fingerprint density at radius 3 is 2.23 bits per heavy atom. The van der Waals surface area contributed by atoms with Crippen molar-refractivity contribution >= 4 is 21.8 Å². The molecule has 1 aromatic carbocycles. The molecule has 6 rings (SSSR count). The summed E-state index contributed by atoms with van der Waals surface area (Å²) in [6.45, 7) is 1.97. The summed E-state index contributed by atoms with van der Waals surface area (Å²) in [6.07, 6.45) is 0.470. The summed E-state index contributed by atoms with van der Waals surface area (Å²) in [4.78, 5) is 27.0. The van der Waals surface area contributed by atoms with Gasteiger partial charge in [0.05, 0.1) is 15.9 Å². The van der Waals surface area contributed by atoms with Crippen LogP contribution in [-0.2, 0) is 25.8 Å². The van der Waals surface area contributed by atoms with E-state index in [0.29, 0.717) is 24.3 Å². The molecule has 5 fully saturated rings. The molecular weight excluding hydrogens is 483 g/mol. The fourth-order valence-corrected chi connectivity index (χ4v) is 8.95. The Hall–Kier alpha value is -2.14. The highest BCUT2D eigenvalue weighted by atomic mass is 32.2. The average molecular weight is 514 g/mol. The van der Waals surface area contributed by atoms with Crippen LogP contribution in [0.1, 0.15) is 51.0 Å². The quantitative estimate of drug-likeness (QED) is 0.671. The van der Waals surface area contributed by atoms with Crippen LogP contribution in [0.3, 0.4) is 0 Å². The van der Waals surface area contributed by atoms with Crippen LogP contribution < -0.4 is 5.32 Å². The minimum Gasteiger partial charge on any atom is -0.351 e. The SMILES string of the molecule is CC(=O)NC12C[C@H]3C[C@@H](C1)CC(C(=O)N1CCN(S(=O)(=O)c4cccc(C(F)(F)F)c4)CC1)(C3)C2. The number of alkyl halides is 3. The molecule has 2 unspecified atom stereocenters. The van der Waals surface area contributed by atoms with Gasteiger partial charge in [-0.3, -0.25) is 9.59 Å². The van der Waals surface area contributed by atoms with Crippen LogP contribution in [0.15, 0.2) is 29.2 Å². The first-order valence-electron chi connectivity index (χ1n) is 12.1. The summed E-state index contributed by atoms with van der Waals surface area (Å²) in [5.41, 5.74) is -1.88. The Kier molecular flexibility index (Phi) is 5.75. The van der Waals surface area contributed by atoms with Crippen molar-refractivity contribution in [2.45, 2.75) is 62.1 Å². The number of sulfonamides is 1. The van der Waals surface area contributed by atoms with Crippen molar-refractivity contribution in [2.24, 2.45) is 17.3 Å². The number of rotatable bonds is 4. The molecule has 5 aliphatic rings. The van der Waals surface area contributed by atoms with Crippen molar-refractivity contribution < 1.29 is 31.2 Å². The van der Waals surface area contributed by atoms with E-state index >= 15 is 0 Å². The van der Waals surface area contributed by atoms with Crippen molar-refractivity contribution in [2.75, 3.05) is 26.2 Å². The highest BCUT2D eigenvalue weighted by Crippen LogP contribution is 2.62. The van der Waals surface area contributed by atoms with Crippen LogP contribution >= 0.6 is 0 Å². The Morgan fingerprint density at radius 2 is 1.66 bits per heavy atom. The summed E-state index contributed by atoms with van der Waals surface area (Å²) in [5, 5.41) is 3.15. The molecule has 1 aliphatic heterocycles. The van der Waals surface area contributed by atoms with Crippen molar-refractivity contribution in [3.05, 3.63) is 29.8 Å². The summed E-state index contributed by atoms with van der Waals surface area (Å²) in [7, 11) is -4.11. The second-order valence-electron chi connectivity index (χ2n) is 10.9. The zero-order chi connectivity index (χ0) is 25.2. The molecule has 1 N–H and O–H groups in total. The Balaban J connectivity index is 1.29. The number of nitrogens with one attached hydrogen (secondary N) is 1. The molecule has 4 bridgehead atoms. The topological polar surface area (TPSA) is 86.8 Å². The number of amides is 2. The first-order chi connectivity index (χ1) is 16.3. The third-order valence-corrected chi connectivity index (χ3v) is 10.2. The predicted molar refractivity (Wildman–Crippen MR) is 120 cm³/mol. The molecule has 35 heavy (non-hydrogen) atoms. The highest BCUT2D eigenvalue weighted by Gasteiger charge is 2.61. The van der Waals surface area contributed by atoms with E-state index in [1.54, 1.807) is 4.90 Å². The third-order valence-electron chi connectivity index (χ3n) is 8.28. The van der Waals surface area contributed by atoms with E-state index < -0.39 is 32.1 Å². The van der Waals surface area contributed by atoms with E-state index in [0.717, 1.165) is 48.5 Å². The number of nitrogens with zero attached hydrogens (tertiary/aromatic N) is 2. The van der Waals surface area contributed by atoms with Gasteiger partial charge in [-0.15, -0.1) is 0 Å². The van der Waals surface area contributed by atoms with Crippen molar-refractivity contribution in [1.82, 2.24) is 14.5 Å². The van der Waals surface area contributed by atoms with E-state index in [-0.39, 0.29) is 43.5 Å². The minimum absolute atomic E-state index is 0.0254. The summed E-state index contributed by atoms with van der Waals surface area (Å²) in [6, 6.07) is 3.76. The molecule has 1 aromatic rings. The van der Waals surface area contributed by atoms with Gasteiger partial charge in [-0.25, -0.2) is 8.42 Å². The lowest BCUT2D eigenvalue weighted by atomic mass is 9.46. The molecule has 0 spiro atoms. The van der Waals surface area contributed by atoms with E-state index in [1.807, 2.05) is 0 Å².